The van der Waals surface area contributed by atoms with E-state index in [0.717, 1.165) is 0 Å². The van der Waals surface area contributed by atoms with Crippen molar-refractivity contribution in [1.29, 1.82) is 5.26 Å². The molecule has 0 aromatic heterocycles. The maximum Gasteiger partial charge on any atom is 0.184 e. The van der Waals surface area contributed by atoms with Gasteiger partial charge in [0.25, 0.3) is 0 Å². The number of sulfone groups is 1. The summed E-state index contributed by atoms with van der Waals surface area (Å²) in [4.78, 5) is 0.0691. The molecule has 0 saturated heterocycles. The molecule has 0 aliphatic rings. The quantitative estimate of drug-likeness (QED) is 0.862. The first-order chi connectivity index (χ1) is 9.44. The first-order valence-electron chi connectivity index (χ1n) is 5.70. The Morgan fingerprint density at radius 3 is 2.60 bits per heavy atom. The smallest absolute Gasteiger partial charge is 0.184 e. The van der Waals surface area contributed by atoms with Crippen molar-refractivity contribution in [2.75, 3.05) is 5.73 Å². The minimum atomic E-state index is -3.61. The topological polar surface area (TPSA) is 84.0 Å². The molecule has 20 heavy (non-hydrogen) atoms. The molecular weight excluding hydrogens is 340 g/mol. The van der Waals surface area contributed by atoms with Crippen LogP contribution in [-0.4, -0.2) is 8.42 Å². The number of nitrogens with zero attached hydrogens (tertiary/aromatic N) is 1. The second-order valence-electron chi connectivity index (χ2n) is 4.21. The summed E-state index contributed by atoms with van der Waals surface area (Å²) in [6.45, 7) is 0. The fraction of sp³-hybridized carbons (Fsp3) is 0.0714. The summed E-state index contributed by atoms with van der Waals surface area (Å²) >= 11 is 3.23. The van der Waals surface area contributed by atoms with E-state index < -0.39 is 9.84 Å². The summed E-state index contributed by atoms with van der Waals surface area (Å²) in [6, 6.07) is 13.3. The molecule has 2 aromatic rings. The molecule has 0 aliphatic heterocycles. The SMILES string of the molecule is N#Cc1ccccc1CS(=O)(=O)c1cc(Br)ccc1N. The highest BCUT2D eigenvalue weighted by atomic mass is 79.9. The monoisotopic (exact) mass is 350 g/mol. The van der Waals surface area contributed by atoms with Gasteiger partial charge in [0, 0.05) is 4.47 Å². The molecule has 2 N–H and O–H groups in total. The lowest BCUT2D eigenvalue weighted by Crippen LogP contribution is -2.09. The molecule has 6 heteroatoms. The van der Waals surface area contributed by atoms with Crippen molar-refractivity contribution in [3.8, 4) is 6.07 Å². The number of nitrogens with two attached hydrogens (primary N) is 1. The number of hydrogen-bond donors (Lipinski definition) is 1. The van der Waals surface area contributed by atoms with E-state index in [1.165, 1.54) is 12.1 Å². The standard InChI is InChI=1S/C14H11BrN2O2S/c15-12-5-6-13(17)14(7-12)20(18,19)9-11-4-2-1-3-10(11)8-16/h1-7H,9,17H2. The van der Waals surface area contributed by atoms with Crippen LogP contribution in [0, 0.1) is 11.3 Å². The largest absolute Gasteiger partial charge is 0.398 e. The number of halogens is 1. The van der Waals surface area contributed by atoms with Gasteiger partial charge in [-0.05, 0) is 29.8 Å². The summed E-state index contributed by atoms with van der Waals surface area (Å²) in [6.07, 6.45) is 0. The van der Waals surface area contributed by atoms with Gasteiger partial charge in [-0.25, -0.2) is 8.42 Å². The molecule has 4 nitrogen and oxygen atoms in total. The molecule has 0 heterocycles. The Labute approximate surface area is 125 Å². The third-order valence-corrected chi connectivity index (χ3v) is 5.00. The van der Waals surface area contributed by atoms with Crippen LogP contribution in [0.5, 0.6) is 0 Å². The summed E-state index contributed by atoms with van der Waals surface area (Å²) < 4.78 is 25.5. The molecule has 0 radical (unpaired) electrons. The van der Waals surface area contributed by atoms with Gasteiger partial charge in [0.15, 0.2) is 9.84 Å². The molecule has 0 spiro atoms. The van der Waals surface area contributed by atoms with E-state index in [4.69, 9.17) is 11.0 Å². The van der Waals surface area contributed by atoms with Gasteiger partial charge < -0.3 is 5.73 Å². The van der Waals surface area contributed by atoms with Crippen LogP contribution in [0.1, 0.15) is 11.1 Å². The Bertz CT molecular complexity index is 795. The fourth-order valence-corrected chi connectivity index (χ4v) is 3.88. The van der Waals surface area contributed by atoms with Crippen LogP contribution in [0.15, 0.2) is 51.8 Å². The Morgan fingerprint density at radius 1 is 1.20 bits per heavy atom. The van der Waals surface area contributed by atoms with Crippen LogP contribution in [-0.2, 0) is 15.6 Å². The third-order valence-electron chi connectivity index (χ3n) is 2.79. The van der Waals surface area contributed by atoms with Gasteiger partial charge in [-0.1, -0.05) is 34.1 Å². The molecule has 0 atom stereocenters. The lowest BCUT2D eigenvalue weighted by molar-refractivity contribution is 0.595. The third kappa shape index (κ3) is 3.00. The second kappa shape index (κ2) is 5.65. The van der Waals surface area contributed by atoms with Crippen LogP contribution >= 0.6 is 15.9 Å². The Morgan fingerprint density at radius 2 is 1.90 bits per heavy atom. The zero-order valence-corrected chi connectivity index (χ0v) is 12.8. The average molecular weight is 351 g/mol. The maximum atomic E-state index is 12.4. The average Bonchev–Trinajstić information content (AvgIpc) is 2.41. The van der Waals surface area contributed by atoms with Crippen molar-refractivity contribution in [2.45, 2.75) is 10.6 Å². The molecule has 0 fully saturated rings. The molecule has 0 aliphatic carbocycles. The Balaban J connectivity index is 2.47. The molecule has 102 valence electrons. The van der Waals surface area contributed by atoms with Gasteiger partial charge in [0.05, 0.1) is 28.0 Å². The van der Waals surface area contributed by atoms with Crippen LogP contribution in [0.2, 0.25) is 0 Å². The summed E-state index contributed by atoms with van der Waals surface area (Å²) in [7, 11) is -3.61. The van der Waals surface area contributed by atoms with E-state index in [2.05, 4.69) is 15.9 Å². The lowest BCUT2D eigenvalue weighted by atomic mass is 10.1. The highest BCUT2D eigenvalue weighted by molar-refractivity contribution is 9.10. The number of benzene rings is 2. The molecule has 0 amide bonds. The van der Waals surface area contributed by atoms with Gasteiger partial charge in [0.1, 0.15) is 0 Å². The zero-order valence-electron chi connectivity index (χ0n) is 10.4. The normalized spacial score (nSPS) is 11.0. The van der Waals surface area contributed by atoms with Gasteiger partial charge >= 0.3 is 0 Å². The lowest BCUT2D eigenvalue weighted by Gasteiger charge is -2.09. The van der Waals surface area contributed by atoms with Gasteiger partial charge in [-0.15, -0.1) is 0 Å². The predicted molar refractivity (Wildman–Crippen MR) is 80.6 cm³/mol. The molecule has 0 unspecified atom stereocenters. The molecule has 0 saturated carbocycles. The highest BCUT2D eigenvalue weighted by Gasteiger charge is 2.20. The first-order valence-corrected chi connectivity index (χ1v) is 8.14. The van der Waals surface area contributed by atoms with Crippen LogP contribution in [0.25, 0.3) is 0 Å². The van der Waals surface area contributed by atoms with Gasteiger partial charge in [-0.3, -0.25) is 0 Å². The molecule has 0 bridgehead atoms. The van der Waals surface area contributed by atoms with Crippen molar-refractivity contribution in [3.63, 3.8) is 0 Å². The Hall–Kier alpha value is -1.84. The zero-order chi connectivity index (χ0) is 14.8. The molecule has 2 aromatic carbocycles. The highest BCUT2D eigenvalue weighted by Crippen LogP contribution is 2.26. The minimum absolute atomic E-state index is 0.0691. The number of rotatable bonds is 3. The number of nitriles is 1. The van der Waals surface area contributed by atoms with Crippen molar-refractivity contribution in [3.05, 3.63) is 58.1 Å². The minimum Gasteiger partial charge on any atom is -0.398 e. The summed E-state index contributed by atoms with van der Waals surface area (Å²) in [5, 5.41) is 9.01. The summed E-state index contributed by atoms with van der Waals surface area (Å²) in [5.74, 6) is -0.253. The molecule has 2 rings (SSSR count). The van der Waals surface area contributed by atoms with E-state index in [9.17, 15) is 8.42 Å². The molecular formula is C14H11BrN2O2S. The van der Waals surface area contributed by atoms with Crippen molar-refractivity contribution in [1.82, 2.24) is 0 Å². The number of hydrogen-bond acceptors (Lipinski definition) is 4. The fourth-order valence-electron chi connectivity index (χ4n) is 1.82. The second-order valence-corrected chi connectivity index (χ2v) is 7.08. The number of anilines is 1. The summed E-state index contributed by atoms with van der Waals surface area (Å²) in [5.41, 5.74) is 6.75. The van der Waals surface area contributed by atoms with E-state index in [1.807, 2.05) is 6.07 Å². The van der Waals surface area contributed by atoms with Crippen LogP contribution in [0.3, 0.4) is 0 Å². The Kier molecular flexibility index (Phi) is 4.12. The van der Waals surface area contributed by atoms with Crippen LogP contribution in [0.4, 0.5) is 5.69 Å². The van der Waals surface area contributed by atoms with Crippen molar-refractivity contribution < 1.29 is 8.42 Å². The predicted octanol–water partition coefficient (Wildman–Crippen LogP) is 2.88. The maximum absolute atomic E-state index is 12.4. The van der Waals surface area contributed by atoms with Gasteiger partial charge in [0.2, 0.25) is 0 Å². The van der Waals surface area contributed by atoms with Crippen molar-refractivity contribution in [2.24, 2.45) is 0 Å². The van der Waals surface area contributed by atoms with E-state index in [-0.39, 0.29) is 16.3 Å². The van der Waals surface area contributed by atoms with E-state index in [1.54, 1.807) is 30.3 Å². The first kappa shape index (κ1) is 14.6. The van der Waals surface area contributed by atoms with E-state index in [0.29, 0.717) is 15.6 Å². The van der Waals surface area contributed by atoms with Crippen LogP contribution < -0.4 is 5.73 Å². The number of nitrogen functional groups attached to an aromatic ring is 1. The van der Waals surface area contributed by atoms with Crippen molar-refractivity contribution >= 4 is 31.5 Å². The van der Waals surface area contributed by atoms with Gasteiger partial charge in [-0.2, -0.15) is 5.26 Å². The van der Waals surface area contributed by atoms with E-state index >= 15 is 0 Å².